The second-order valence-corrected chi connectivity index (χ2v) is 5.45. The van der Waals surface area contributed by atoms with Crippen LogP contribution in [0.4, 0.5) is 5.82 Å². The zero-order valence-corrected chi connectivity index (χ0v) is 12.0. The zero-order valence-electron chi connectivity index (χ0n) is 11.2. The fourth-order valence-electron chi connectivity index (χ4n) is 2.76. The summed E-state index contributed by atoms with van der Waals surface area (Å²) in [5, 5.41) is 0.497. The molecule has 4 nitrogen and oxygen atoms in total. The maximum Gasteiger partial charge on any atom is 0.134 e. The molecule has 2 aromatic heterocycles. The lowest BCUT2D eigenvalue weighted by atomic mass is 9.97. The summed E-state index contributed by atoms with van der Waals surface area (Å²) in [5.74, 6) is 0.922. The van der Waals surface area contributed by atoms with Crippen molar-refractivity contribution in [3.05, 3.63) is 47.6 Å². The van der Waals surface area contributed by atoms with E-state index < -0.39 is 0 Å². The number of halogens is 1. The summed E-state index contributed by atoms with van der Waals surface area (Å²) in [6, 6.07) is 8.35. The van der Waals surface area contributed by atoms with E-state index in [1.54, 1.807) is 0 Å². The first-order valence-corrected chi connectivity index (χ1v) is 7.35. The van der Waals surface area contributed by atoms with E-state index in [1.165, 1.54) is 19.2 Å². The first-order chi connectivity index (χ1) is 9.83. The molecular weight excluding hydrogens is 272 g/mol. The van der Waals surface area contributed by atoms with E-state index >= 15 is 0 Å². The number of hydrogen-bond donors (Lipinski definition) is 0. The van der Waals surface area contributed by atoms with E-state index in [0.717, 1.165) is 30.9 Å². The number of nitrogens with zero attached hydrogens (tertiary/aromatic N) is 4. The molecule has 0 N–H and O–H groups in total. The summed E-state index contributed by atoms with van der Waals surface area (Å²) >= 11 is 5.98. The van der Waals surface area contributed by atoms with E-state index in [1.807, 2.05) is 24.4 Å². The number of pyridine rings is 1. The minimum atomic E-state index is 0.435. The van der Waals surface area contributed by atoms with Crippen molar-refractivity contribution in [2.75, 3.05) is 11.4 Å². The Kier molecular flexibility index (Phi) is 4.11. The van der Waals surface area contributed by atoms with Gasteiger partial charge >= 0.3 is 0 Å². The van der Waals surface area contributed by atoms with Gasteiger partial charge in [-0.3, -0.25) is 4.98 Å². The lowest BCUT2D eigenvalue weighted by Gasteiger charge is -2.36. The van der Waals surface area contributed by atoms with Crippen molar-refractivity contribution in [1.82, 2.24) is 15.0 Å². The van der Waals surface area contributed by atoms with Gasteiger partial charge in [-0.15, -0.1) is 0 Å². The Morgan fingerprint density at radius 3 is 2.95 bits per heavy atom. The van der Waals surface area contributed by atoms with Crippen LogP contribution in [0, 0.1) is 0 Å². The summed E-state index contributed by atoms with van der Waals surface area (Å²) in [5.41, 5.74) is 1.13. The lowest BCUT2D eigenvalue weighted by Crippen LogP contribution is -2.41. The number of rotatable bonds is 3. The zero-order chi connectivity index (χ0) is 13.8. The molecule has 0 bridgehead atoms. The van der Waals surface area contributed by atoms with Gasteiger partial charge in [0.15, 0.2) is 0 Å². The van der Waals surface area contributed by atoms with Crippen LogP contribution in [0.1, 0.15) is 25.0 Å². The van der Waals surface area contributed by atoms with E-state index in [0.29, 0.717) is 11.2 Å². The van der Waals surface area contributed by atoms with Crippen LogP contribution in [0.2, 0.25) is 5.15 Å². The summed E-state index contributed by atoms with van der Waals surface area (Å²) in [4.78, 5) is 15.1. The van der Waals surface area contributed by atoms with Gasteiger partial charge in [-0.1, -0.05) is 17.7 Å². The van der Waals surface area contributed by atoms with Crippen LogP contribution in [0.15, 0.2) is 36.8 Å². The van der Waals surface area contributed by atoms with Gasteiger partial charge in [0.2, 0.25) is 0 Å². The molecular formula is C15H17ClN4. The fourth-order valence-corrected chi connectivity index (χ4v) is 2.90. The van der Waals surface area contributed by atoms with Crippen molar-refractivity contribution in [2.24, 2.45) is 0 Å². The van der Waals surface area contributed by atoms with Gasteiger partial charge in [0, 0.05) is 37.0 Å². The summed E-state index contributed by atoms with van der Waals surface area (Å²) in [7, 11) is 0. The first kappa shape index (κ1) is 13.3. The predicted octanol–water partition coefficient (Wildman–Crippen LogP) is 3.13. The highest BCUT2D eigenvalue weighted by molar-refractivity contribution is 6.29. The molecule has 1 atom stereocenters. The highest BCUT2D eigenvalue weighted by atomic mass is 35.5. The largest absolute Gasteiger partial charge is 0.353 e. The van der Waals surface area contributed by atoms with Crippen molar-refractivity contribution in [2.45, 2.75) is 31.7 Å². The topological polar surface area (TPSA) is 41.9 Å². The number of aromatic nitrogens is 3. The molecule has 0 aliphatic carbocycles. The van der Waals surface area contributed by atoms with Gasteiger partial charge in [-0.2, -0.15) is 0 Å². The molecule has 1 saturated heterocycles. The smallest absolute Gasteiger partial charge is 0.134 e. The molecule has 0 spiro atoms. The molecule has 0 amide bonds. The molecule has 20 heavy (non-hydrogen) atoms. The van der Waals surface area contributed by atoms with Gasteiger partial charge in [-0.25, -0.2) is 9.97 Å². The minimum Gasteiger partial charge on any atom is -0.353 e. The van der Waals surface area contributed by atoms with Crippen LogP contribution in [0.25, 0.3) is 0 Å². The molecule has 1 unspecified atom stereocenters. The monoisotopic (exact) mass is 288 g/mol. The Balaban J connectivity index is 1.80. The maximum absolute atomic E-state index is 5.98. The Labute approximate surface area is 123 Å². The fraction of sp³-hybridized carbons (Fsp3) is 0.400. The predicted molar refractivity (Wildman–Crippen MR) is 80.0 cm³/mol. The summed E-state index contributed by atoms with van der Waals surface area (Å²) in [6.07, 6.45) is 7.95. The second kappa shape index (κ2) is 6.18. The first-order valence-electron chi connectivity index (χ1n) is 6.97. The van der Waals surface area contributed by atoms with Gasteiger partial charge in [-0.05, 0) is 31.4 Å². The maximum atomic E-state index is 5.98. The molecule has 3 rings (SSSR count). The molecule has 0 saturated carbocycles. The number of hydrogen-bond acceptors (Lipinski definition) is 4. The van der Waals surface area contributed by atoms with Crippen molar-refractivity contribution in [1.29, 1.82) is 0 Å². The van der Waals surface area contributed by atoms with Gasteiger partial charge < -0.3 is 4.90 Å². The van der Waals surface area contributed by atoms with Crippen molar-refractivity contribution in [3.63, 3.8) is 0 Å². The highest BCUT2D eigenvalue weighted by Gasteiger charge is 2.24. The Morgan fingerprint density at radius 2 is 2.15 bits per heavy atom. The lowest BCUT2D eigenvalue weighted by molar-refractivity contribution is 0.451. The van der Waals surface area contributed by atoms with Crippen molar-refractivity contribution in [3.8, 4) is 0 Å². The van der Waals surface area contributed by atoms with Crippen LogP contribution < -0.4 is 4.90 Å². The highest BCUT2D eigenvalue weighted by Crippen LogP contribution is 2.26. The van der Waals surface area contributed by atoms with E-state index in [4.69, 9.17) is 11.6 Å². The molecule has 2 aromatic rings. The number of anilines is 1. The summed E-state index contributed by atoms with van der Waals surface area (Å²) < 4.78 is 0. The third kappa shape index (κ3) is 3.07. The van der Waals surface area contributed by atoms with Gasteiger partial charge in [0.1, 0.15) is 17.3 Å². The van der Waals surface area contributed by atoms with Crippen LogP contribution >= 0.6 is 11.6 Å². The standard InChI is InChI=1S/C15H17ClN4/c16-14-10-15(19-11-18-14)20-8-4-2-6-13(20)9-12-5-1-3-7-17-12/h1,3,5,7,10-11,13H,2,4,6,8-9H2. The van der Waals surface area contributed by atoms with Crippen molar-refractivity contribution >= 4 is 17.4 Å². The van der Waals surface area contributed by atoms with E-state index in [9.17, 15) is 0 Å². The van der Waals surface area contributed by atoms with Crippen molar-refractivity contribution < 1.29 is 0 Å². The normalized spacial score (nSPS) is 19.1. The third-order valence-corrected chi connectivity index (χ3v) is 3.92. The van der Waals surface area contributed by atoms with Crippen LogP contribution in [-0.4, -0.2) is 27.5 Å². The molecule has 5 heteroatoms. The SMILES string of the molecule is Clc1cc(N2CCCCC2Cc2ccccn2)ncn1. The van der Waals surface area contributed by atoms with Crippen LogP contribution in [-0.2, 0) is 6.42 Å². The third-order valence-electron chi connectivity index (χ3n) is 3.71. The minimum absolute atomic E-state index is 0.435. The Morgan fingerprint density at radius 1 is 1.20 bits per heavy atom. The van der Waals surface area contributed by atoms with E-state index in [2.05, 4.69) is 25.9 Å². The van der Waals surface area contributed by atoms with Gasteiger partial charge in [0.25, 0.3) is 0 Å². The Hall–Kier alpha value is -1.68. The van der Waals surface area contributed by atoms with Crippen LogP contribution in [0.5, 0.6) is 0 Å². The molecule has 104 valence electrons. The quantitative estimate of drug-likeness (QED) is 0.814. The number of piperidine rings is 1. The molecule has 0 aromatic carbocycles. The molecule has 1 aliphatic heterocycles. The van der Waals surface area contributed by atoms with E-state index in [-0.39, 0.29) is 0 Å². The average Bonchev–Trinajstić information content (AvgIpc) is 2.49. The summed E-state index contributed by atoms with van der Waals surface area (Å²) in [6.45, 7) is 1.02. The molecule has 0 radical (unpaired) electrons. The molecule has 3 heterocycles. The second-order valence-electron chi connectivity index (χ2n) is 5.07. The molecule has 1 fully saturated rings. The van der Waals surface area contributed by atoms with Crippen LogP contribution in [0.3, 0.4) is 0 Å². The Bertz CT molecular complexity index is 561. The molecule has 1 aliphatic rings. The van der Waals surface area contributed by atoms with Gasteiger partial charge in [0.05, 0.1) is 0 Å². The average molecular weight is 289 g/mol.